The minimum absolute atomic E-state index is 0.0513. The van der Waals surface area contributed by atoms with Gasteiger partial charge in [0.25, 0.3) is 0 Å². The van der Waals surface area contributed by atoms with Gasteiger partial charge in [0.15, 0.2) is 0 Å². The van der Waals surface area contributed by atoms with E-state index in [9.17, 15) is 19.2 Å². The van der Waals surface area contributed by atoms with Crippen LogP contribution in [-0.2, 0) is 38.1 Å². The van der Waals surface area contributed by atoms with Crippen molar-refractivity contribution < 1.29 is 38.1 Å². The molecule has 2 saturated carbocycles. The second kappa shape index (κ2) is 9.92. The van der Waals surface area contributed by atoms with Crippen molar-refractivity contribution in [1.82, 2.24) is 0 Å². The third-order valence-electron chi connectivity index (χ3n) is 8.07. The number of ether oxygens (including phenoxy) is 4. The maximum Gasteiger partial charge on any atom is 0.337 e. The van der Waals surface area contributed by atoms with E-state index in [4.69, 9.17) is 18.9 Å². The largest absolute Gasteiger partial charge is 0.465 e. The van der Waals surface area contributed by atoms with Gasteiger partial charge in [-0.2, -0.15) is 0 Å². The maximum atomic E-state index is 12.3. The van der Waals surface area contributed by atoms with E-state index in [0.717, 1.165) is 24.8 Å². The lowest BCUT2D eigenvalue weighted by Crippen LogP contribution is -2.59. The third kappa shape index (κ3) is 5.05. The minimum atomic E-state index is -0.726. The fourth-order valence-corrected chi connectivity index (χ4v) is 6.54. The van der Waals surface area contributed by atoms with Crippen molar-refractivity contribution in [2.75, 3.05) is 13.2 Å². The highest BCUT2D eigenvalue weighted by atomic mass is 16.6. The fraction of sp³-hybridized carbons (Fsp3) is 0.692. The van der Waals surface area contributed by atoms with Crippen LogP contribution >= 0.6 is 0 Å². The van der Waals surface area contributed by atoms with Crippen LogP contribution in [0.25, 0.3) is 0 Å². The zero-order valence-corrected chi connectivity index (χ0v) is 20.8. The van der Waals surface area contributed by atoms with Crippen LogP contribution in [-0.4, -0.2) is 49.3 Å². The summed E-state index contributed by atoms with van der Waals surface area (Å²) in [4.78, 5) is 47.7. The molecule has 3 rings (SSSR count). The molecule has 8 heteroatoms. The molecule has 2 fully saturated rings. The average Bonchev–Trinajstić information content (AvgIpc) is 3.16. The first-order valence-electron chi connectivity index (χ1n) is 11.9. The van der Waals surface area contributed by atoms with Gasteiger partial charge in [-0.05, 0) is 55.4 Å². The van der Waals surface area contributed by atoms with Crippen LogP contribution < -0.4 is 0 Å². The second-order valence-electron chi connectivity index (χ2n) is 10.3. The van der Waals surface area contributed by atoms with Gasteiger partial charge in [-0.25, -0.2) is 4.79 Å². The number of carbonyl (C=O) groups is 4. The molecule has 1 heterocycles. The highest BCUT2D eigenvalue weighted by molar-refractivity contribution is 5.92. The Hall–Kier alpha value is -2.64. The Morgan fingerprint density at radius 1 is 1.15 bits per heavy atom. The summed E-state index contributed by atoms with van der Waals surface area (Å²) in [7, 11) is 0. The molecule has 0 aromatic rings. The molecular weight excluding hydrogens is 440 g/mol. The lowest BCUT2D eigenvalue weighted by molar-refractivity contribution is -0.192. The summed E-state index contributed by atoms with van der Waals surface area (Å²) in [6.07, 6.45) is 3.89. The molecule has 34 heavy (non-hydrogen) atoms. The molecule has 0 unspecified atom stereocenters. The Morgan fingerprint density at radius 3 is 2.41 bits per heavy atom. The normalized spacial score (nSPS) is 33.8. The Labute approximate surface area is 201 Å². The first-order valence-corrected chi connectivity index (χ1v) is 11.9. The summed E-state index contributed by atoms with van der Waals surface area (Å²) < 4.78 is 21.9. The molecule has 188 valence electrons. The van der Waals surface area contributed by atoms with Crippen molar-refractivity contribution in [3.8, 4) is 0 Å². The van der Waals surface area contributed by atoms with E-state index < -0.39 is 23.5 Å². The molecule has 3 aliphatic rings. The van der Waals surface area contributed by atoms with Crippen molar-refractivity contribution in [2.24, 2.45) is 22.7 Å². The molecule has 2 aliphatic carbocycles. The summed E-state index contributed by atoms with van der Waals surface area (Å²) in [5.41, 5.74) is 0.530. The predicted molar refractivity (Wildman–Crippen MR) is 122 cm³/mol. The van der Waals surface area contributed by atoms with Crippen LogP contribution in [0.4, 0.5) is 0 Å². The van der Waals surface area contributed by atoms with E-state index >= 15 is 0 Å². The zero-order chi connectivity index (χ0) is 25.3. The van der Waals surface area contributed by atoms with Gasteiger partial charge >= 0.3 is 23.9 Å². The lowest BCUT2D eigenvalue weighted by atomic mass is 9.46. The third-order valence-corrected chi connectivity index (χ3v) is 8.07. The van der Waals surface area contributed by atoms with Crippen molar-refractivity contribution in [3.63, 3.8) is 0 Å². The molecule has 0 amide bonds. The number of rotatable bonds is 7. The Bertz CT molecular complexity index is 904. The van der Waals surface area contributed by atoms with Gasteiger partial charge in [-0.3, -0.25) is 14.4 Å². The lowest BCUT2D eigenvalue weighted by Gasteiger charge is -2.60. The first-order chi connectivity index (χ1) is 15.9. The summed E-state index contributed by atoms with van der Waals surface area (Å²) in [5, 5.41) is 0. The van der Waals surface area contributed by atoms with E-state index in [1.807, 2.05) is 6.92 Å². The number of hydrogen-bond acceptors (Lipinski definition) is 8. The number of esters is 4. The number of hydrogen-bond donors (Lipinski definition) is 0. The predicted octanol–water partition coefficient (Wildman–Crippen LogP) is 3.68. The van der Waals surface area contributed by atoms with Gasteiger partial charge in [0.1, 0.15) is 25.4 Å². The summed E-state index contributed by atoms with van der Waals surface area (Å²) in [5.74, 6) is -1.68. The molecule has 0 aromatic carbocycles. The van der Waals surface area contributed by atoms with Gasteiger partial charge in [-0.1, -0.05) is 26.0 Å². The van der Waals surface area contributed by atoms with E-state index in [-0.39, 0.29) is 48.5 Å². The topological polar surface area (TPSA) is 105 Å². The summed E-state index contributed by atoms with van der Waals surface area (Å²) >= 11 is 0. The van der Waals surface area contributed by atoms with Gasteiger partial charge in [-0.15, -0.1) is 0 Å². The smallest absolute Gasteiger partial charge is 0.337 e. The van der Waals surface area contributed by atoms with E-state index in [0.29, 0.717) is 18.4 Å². The van der Waals surface area contributed by atoms with Crippen LogP contribution in [0.5, 0.6) is 0 Å². The highest BCUT2D eigenvalue weighted by Gasteiger charge is 2.60. The Balaban J connectivity index is 1.96. The second-order valence-corrected chi connectivity index (χ2v) is 10.3. The highest BCUT2D eigenvalue weighted by Crippen LogP contribution is 2.62. The minimum Gasteiger partial charge on any atom is -0.465 e. The van der Waals surface area contributed by atoms with Crippen LogP contribution in [0.15, 0.2) is 23.8 Å². The van der Waals surface area contributed by atoms with Crippen molar-refractivity contribution >= 4 is 23.9 Å². The Morgan fingerprint density at radius 2 is 1.85 bits per heavy atom. The van der Waals surface area contributed by atoms with Gasteiger partial charge < -0.3 is 18.9 Å². The van der Waals surface area contributed by atoms with Gasteiger partial charge in [0.2, 0.25) is 0 Å². The van der Waals surface area contributed by atoms with Crippen LogP contribution in [0.1, 0.15) is 66.7 Å². The molecule has 1 aliphatic heterocycles. The zero-order valence-electron chi connectivity index (χ0n) is 20.8. The number of allylic oxidation sites excluding steroid dienone is 1. The molecule has 0 spiro atoms. The quantitative estimate of drug-likeness (QED) is 0.311. The van der Waals surface area contributed by atoms with Crippen molar-refractivity contribution in [1.29, 1.82) is 0 Å². The number of cyclic esters (lactones) is 1. The molecular formula is C26H36O8. The Kier molecular flexibility index (Phi) is 7.58. The summed E-state index contributed by atoms with van der Waals surface area (Å²) in [6.45, 7) is 13.0. The standard InChI is InChI=1S/C26H36O8/c1-15-7-8-22-25(5,11-9-23(34-18(4)29)26(22,6)14-32-16(2)27)20(15)13-21(33-17(3)28)19-10-12-31-24(19)30/h10,20-23H,1,7-9,11-14H2,2-6H3/t20-,21-,22+,23-,25-,26+/m1/s1. The molecule has 0 N–H and O–H groups in total. The molecule has 0 aromatic heterocycles. The van der Waals surface area contributed by atoms with Crippen LogP contribution in [0.2, 0.25) is 0 Å². The van der Waals surface area contributed by atoms with Gasteiger partial charge in [0, 0.05) is 26.2 Å². The van der Waals surface area contributed by atoms with Crippen molar-refractivity contribution in [3.05, 3.63) is 23.8 Å². The van der Waals surface area contributed by atoms with E-state index in [1.54, 1.807) is 6.08 Å². The monoisotopic (exact) mass is 476 g/mol. The molecule has 0 saturated heterocycles. The van der Waals surface area contributed by atoms with Crippen LogP contribution in [0, 0.1) is 22.7 Å². The SMILES string of the molecule is C=C1CC[C@H]2[C@](C)(CC[C@@H](OC(C)=O)[C@@]2(C)COC(C)=O)[C@@H]1C[C@@H](OC(C)=O)C1=CCOC1=O. The number of carbonyl (C=O) groups excluding carboxylic acids is 4. The fourth-order valence-electron chi connectivity index (χ4n) is 6.54. The van der Waals surface area contributed by atoms with E-state index in [1.165, 1.54) is 20.8 Å². The number of fused-ring (bicyclic) bond motifs is 1. The average molecular weight is 477 g/mol. The summed E-state index contributed by atoms with van der Waals surface area (Å²) in [6, 6.07) is 0. The van der Waals surface area contributed by atoms with E-state index in [2.05, 4.69) is 13.5 Å². The maximum absolute atomic E-state index is 12.3. The van der Waals surface area contributed by atoms with Crippen molar-refractivity contribution in [2.45, 2.75) is 78.9 Å². The molecule has 8 nitrogen and oxygen atoms in total. The molecule has 0 bridgehead atoms. The van der Waals surface area contributed by atoms with Crippen LogP contribution in [0.3, 0.4) is 0 Å². The van der Waals surface area contributed by atoms with Gasteiger partial charge in [0.05, 0.1) is 5.57 Å². The molecule has 6 atom stereocenters. The first kappa shape index (κ1) is 26.0. The molecule has 0 radical (unpaired) electrons.